The van der Waals surface area contributed by atoms with Crippen molar-refractivity contribution in [2.24, 2.45) is 0 Å². The zero-order valence-corrected chi connectivity index (χ0v) is 12.7. The Labute approximate surface area is 117 Å². The molecule has 1 heterocycles. The minimum absolute atomic E-state index is 0.207. The Kier molecular flexibility index (Phi) is 4.28. The number of anilines is 1. The summed E-state index contributed by atoms with van der Waals surface area (Å²) < 4.78 is 14.1. The van der Waals surface area contributed by atoms with Crippen molar-refractivity contribution in [2.45, 2.75) is 39.3 Å². The van der Waals surface area contributed by atoms with Crippen molar-refractivity contribution in [1.29, 1.82) is 0 Å². The summed E-state index contributed by atoms with van der Waals surface area (Å²) in [5, 5.41) is 3.46. The molecule has 0 radical (unpaired) electrons. The van der Waals surface area contributed by atoms with E-state index in [9.17, 15) is 4.39 Å². The summed E-state index contributed by atoms with van der Waals surface area (Å²) in [7, 11) is 0. The van der Waals surface area contributed by atoms with Crippen molar-refractivity contribution in [2.75, 3.05) is 18.4 Å². The molecule has 1 N–H and O–H groups in total. The molecular weight excluding hydrogens is 295 g/mol. The SMILES string of the molecule is Cc1cc(Br)c(F)cc1NC1CCN(C(C)C)C1. The molecule has 0 aliphatic carbocycles. The van der Waals surface area contributed by atoms with Gasteiger partial charge in [0.1, 0.15) is 5.82 Å². The molecule has 0 bridgehead atoms. The molecule has 0 spiro atoms. The lowest BCUT2D eigenvalue weighted by Gasteiger charge is -2.21. The monoisotopic (exact) mass is 314 g/mol. The first-order valence-electron chi connectivity index (χ1n) is 6.43. The summed E-state index contributed by atoms with van der Waals surface area (Å²) in [6, 6.07) is 4.41. The highest BCUT2D eigenvalue weighted by molar-refractivity contribution is 9.10. The first-order valence-corrected chi connectivity index (χ1v) is 7.23. The van der Waals surface area contributed by atoms with Crippen molar-refractivity contribution < 1.29 is 4.39 Å². The Hall–Kier alpha value is -0.610. The highest BCUT2D eigenvalue weighted by Crippen LogP contribution is 2.26. The lowest BCUT2D eigenvalue weighted by atomic mass is 10.1. The zero-order chi connectivity index (χ0) is 13.3. The van der Waals surface area contributed by atoms with E-state index in [1.165, 1.54) is 0 Å². The van der Waals surface area contributed by atoms with Crippen LogP contribution in [0.3, 0.4) is 0 Å². The second-order valence-corrected chi connectivity index (χ2v) is 6.15. The highest BCUT2D eigenvalue weighted by atomic mass is 79.9. The first kappa shape index (κ1) is 13.8. The van der Waals surface area contributed by atoms with E-state index in [-0.39, 0.29) is 5.82 Å². The van der Waals surface area contributed by atoms with Gasteiger partial charge >= 0.3 is 0 Å². The minimum Gasteiger partial charge on any atom is -0.381 e. The molecule has 2 nitrogen and oxygen atoms in total. The van der Waals surface area contributed by atoms with Gasteiger partial charge in [-0.05, 0) is 60.8 Å². The summed E-state index contributed by atoms with van der Waals surface area (Å²) in [6.07, 6.45) is 1.12. The maximum Gasteiger partial charge on any atom is 0.139 e. The van der Waals surface area contributed by atoms with E-state index in [1.54, 1.807) is 6.07 Å². The van der Waals surface area contributed by atoms with Crippen molar-refractivity contribution in [3.05, 3.63) is 28.0 Å². The molecule has 0 saturated carbocycles. The first-order chi connectivity index (χ1) is 8.47. The Morgan fingerprint density at radius 1 is 1.44 bits per heavy atom. The van der Waals surface area contributed by atoms with E-state index in [0.717, 1.165) is 30.8 Å². The van der Waals surface area contributed by atoms with Crippen LogP contribution in [0.1, 0.15) is 25.8 Å². The maximum absolute atomic E-state index is 13.5. The van der Waals surface area contributed by atoms with Crippen LogP contribution in [0, 0.1) is 12.7 Å². The molecule has 4 heteroatoms. The van der Waals surface area contributed by atoms with Gasteiger partial charge in [-0.1, -0.05) is 0 Å². The summed E-state index contributed by atoms with van der Waals surface area (Å²) in [5.74, 6) is -0.207. The lowest BCUT2D eigenvalue weighted by molar-refractivity contribution is 0.274. The van der Waals surface area contributed by atoms with E-state index in [1.807, 2.05) is 13.0 Å². The van der Waals surface area contributed by atoms with Gasteiger partial charge in [0.05, 0.1) is 4.47 Å². The molecule has 1 saturated heterocycles. The van der Waals surface area contributed by atoms with Crippen LogP contribution in [0.2, 0.25) is 0 Å². The number of benzene rings is 1. The van der Waals surface area contributed by atoms with Crippen LogP contribution in [0.25, 0.3) is 0 Å². The van der Waals surface area contributed by atoms with Crippen LogP contribution >= 0.6 is 15.9 Å². The third-order valence-electron chi connectivity index (χ3n) is 3.58. The molecule has 1 aliphatic rings. The fourth-order valence-corrected chi connectivity index (χ4v) is 2.85. The van der Waals surface area contributed by atoms with E-state index in [2.05, 4.69) is 40.0 Å². The van der Waals surface area contributed by atoms with Gasteiger partial charge in [0, 0.05) is 30.9 Å². The van der Waals surface area contributed by atoms with Crippen molar-refractivity contribution >= 4 is 21.6 Å². The van der Waals surface area contributed by atoms with Gasteiger partial charge in [-0.25, -0.2) is 4.39 Å². The minimum atomic E-state index is -0.207. The fourth-order valence-electron chi connectivity index (χ4n) is 2.40. The second-order valence-electron chi connectivity index (χ2n) is 5.30. The van der Waals surface area contributed by atoms with Gasteiger partial charge in [0.2, 0.25) is 0 Å². The number of hydrogen-bond donors (Lipinski definition) is 1. The summed E-state index contributed by atoms with van der Waals surface area (Å²) >= 11 is 3.21. The summed E-state index contributed by atoms with van der Waals surface area (Å²) in [4.78, 5) is 2.45. The van der Waals surface area contributed by atoms with E-state index in [0.29, 0.717) is 16.6 Å². The van der Waals surface area contributed by atoms with E-state index >= 15 is 0 Å². The molecular formula is C14H20BrFN2. The molecule has 1 aliphatic heterocycles. The normalized spacial score (nSPS) is 20.7. The van der Waals surface area contributed by atoms with Crippen LogP contribution in [0.5, 0.6) is 0 Å². The zero-order valence-electron chi connectivity index (χ0n) is 11.1. The van der Waals surface area contributed by atoms with Crippen molar-refractivity contribution in [1.82, 2.24) is 4.90 Å². The van der Waals surface area contributed by atoms with Gasteiger partial charge in [0.25, 0.3) is 0 Å². The van der Waals surface area contributed by atoms with Crippen molar-refractivity contribution in [3.8, 4) is 0 Å². The average Bonchev–Trinajstić information content (AvgIpc) is 2.74. The molecule has 1 unspecified atom stereocenters. The largest absolute Gasteiger partial charge is 0.381 e. The molecule has 1 aromatic rings. The molecule has 2 rings (SSSR count). The molecule has 0 amide bonds. The third-order valence-corrected chi connectivity index (χ3v) is 4.18. The van der Waals surface area contributed by atoms with Crippen molar-refractivity contribution in [3.63, 3.8) is 0 Å². The van der Waals surface area contributed by atoms with Gasteiger partial charge < -0.3 is 5.32 Å². The summed E-state index contributed by atoms with van der Waals surface area (Å²) in [6.45, 7) is 8.59. The number of nitrogens with zero attached hydrogens (tertiary/aromatic N) is 1. The lowest BCUT2D eigenvalue weighted by Crippen LogP contribution is -2.31. The predicted octanol–water partition coefficient (Wildman–Crippen LogP) is 3.79. The van der Waals surface area contributed by atoms with Crippen LogP contribution in [-0.2, 0) is 0 Å². The van der Waals surface area contributed by atoms with Crippen LogP contribution in [0.15, 0.2) is 16.6 Å². The molecule has 1 aromatic carbocycles. The second kappa shape index (κ2) is 5.57. The van der Waals surface area contributed by atoms with Gasteiger partial charge in [-0.15, -0.1) is 0 Å². The van der Waals surface area contributed by atoms with Crippen LogP contribution in [0.4, 0.5) is 10.1 Å². The predicted molar refractivity (Wildman–Crippen MR) is 77.6 cm³/mol. The number of aryl methyl sites for hydroxylation is 1. The number of halogens is 2. The van der Waals surface area contributed by atoms with Crippen LogP contribution in [-0.4, -0.2) is 30.1 Å². The summed E-state index contributed by atoms with van der Waals surface area (Å²) in [5.41, 5.74) is 1.98. The number of nitrogens with one attached hydrogen (secondary N) is 1. The standard InChI is InChI=1S/C14H20BrFN2/c1-9(2)18-5-4-11(8-18)17-14-7-13(16)12(15)6-10(14)3/h6-7,9,11,17H,4-5,8H2,1-3H3. The Morgan fingerprint density at radius 2 is 2.17 bits per heavy atom. The van der Waals surface area contributed by atoms with Gasteiger partial charge in [-0.3, -0.25) is 4.90 Å². The number of hydrogen-bond acceptors (Lipinski definition) is 2. The average molecular weight is 315 g/mol. The smallest absolute Gasteiger partial charge is 0.139 e. The molecule has 0 aromatic heterocycles. The molecule has 100 valence electrons. The Balaban J connectivity index is 2.05. The fraction of sp³-hybridized carbons (Fsp3) is 0.571. The van der Waals surface area contributed by atoms with Crippen LogP contribution < -0.4 is 5.32 Å². The van der Waals surface area contributed by atoms with Gasteiger partial charge in [-0.2, -0.15) is 0 Å². The Bertz CT molecular complexity index is 434. The topological polar surface area (TPSA) is 15.3 Å². The molecule has 1 atom stereocenters. The Morgan fingerprint density at radius 3 is 2.78 bits per heavy atom. The molecule has 18 heavy (non-hydrogen) atoms. The third kappa shape index (κ3) is 3.04. The van der Waals surface area contributed by atoms with E-state index in [4.69, 9.17) is 0 Å². The maximum atomic E-state index is 13.5. The quantitative estimate of drug-likeness (QED) is 0.913. The molecule has 1 fully saturated rings. The highest BCUT2D eigenvalue weighted by Gasteiger charge is 2.24. The number of rotatable bonds is 3. The van der Waals surface area contributed by atoms with Gasteiger partial charge in [0.15, 0.2) is 0 Å². The van der Waals surface area contributed by atoms with E-state index < -0.39 is 0 Å². The number of likely N-dealkylation sites (tertiary alicyclic amines) is 1.